The minimum absolute atomic E-state index is 0.106. The molecule has 1 amide bonds. The number of rotatable bonds is 6. The van der Waals surface area contributed by atoms with E-state index in [9.17, 15) is 4.79 Å². The van der Waals surface area contributed by atoms with E-state index in [1.165, 1.54) is 0 Å². The van der Waals surface area contributed by atoms with Gasteiger partial charge in [-0.1, -0.05) is 30.3 Å². The van der Waals surface area contributed by atoms with Crippen LogP contribution >= 0.6 is 0 Å². The molecular weight excluding hydrogens is 326 g/mol. The van der Waals surface area contributed by atoms with Crippen LogP contribution in [-0.2, 0) is 11.2 Å². The van der Waals surface area contributed by atoms with Crippen LogP contribution in [0.2, 0.25) is 0 Å². The lowest BCUT2D eigenvalue weighted by Crippen LogP contribution is -2.40. The van der Waals surface area contributed by atoms with Crippen molar-refractivity contribution in [2.75, 3.05) is 24.3 Å². The number of carbonyl (C=O) groups excluding carboxylic acids is 1. The second-order valence-electron chi connectivity index (χ2n) is 7.06. The van der Waals surface area contributed by atoms with Crippen molar-refractivity contribution in [3.05, 3.63) is 48.2 Å². The maximum atomic E-state index is 12.2. The smallest absolute Gasteiger partial charge is 0.224 e. The fraction of sp³-hybridized carbons (Fsp3) is 0.450. The molecule has 1 aromatic carbocycles. The molecule has 0 bridgehead atoms. The van der Waals surface area contributed by atoms with Crippen LogP contribution in [0.5, 0.6) is 0 Å². The minimum atomic E-state index is 0.106. The quantitative estimate of drug-likeness (QED) is 0.835. The summed E-state index contributed by atoms with van der Waals surface area (Å²) in [5.41, 5.74) is 1.05. The number of hydrogen-bond acceptors (Lipinski definition) is 5. The summed E-state index contributed by atoms with van der Waals surface area (Å²) in [5.74, 6) is 1.67. The molecule has 1 saturated carbocycles. The Hall–Kier alpha value is -2.63. The number of benzene rings is 1. The highest BCUT2D eigenvalue weighted by Crippen LogP contribution is 2.22. The Kier molecular flexibility index (Phi) is 6.04. The number of hydrogen-bond donors (Lipinski definition) is 2. The van der Waals surface area contributed by atoms with Crippen LogP contribution in [0.1, 0.15) is 31.2 Å². The summed E-state index contributed by atoms with van der Waals surface area (Å²) in [6, 6.07) is 12.4. The van der Waals surface area contributed by atoms with E-state index in [4.69, 9.17) is 0 Å². The van der Waals surface area contributed by atoms with Gasteiger partial charge in [-0.3, -0.25) is 4.79 Å². The highest BCUT2D eigenvalue weighted by atomic mass is 16.1. The van der Waals surface area contributed by atoms with Crippen LogP contribution in [0, 0.1) is 0 Å². The summed E-state index contributed by atoms with van der Waals surface area (Å²) in [7, 11) is 3.94. The molecule has 3 rings (SSSR count). The summed E-state index contributed by atoms with van der Waals surface area (Å²) in [5, 5.41) is 6.60. The first-order valence-electron chi connectivity index (χ1n) is 9.20. The monoisotopic (exact) mass is 353 g/mol. The van der Waals surface area contributed by atoms with Crippen LogP contribution in [0.3, 0.4) is 0 Å². The third kappa shape index (κ3) is 5.18. The molecule has 0 atom stereocenters. The van der Waals surface area contributed by atoms with E-state index in [1.54, 1.807) is 6.20 Å². The summed E-state index contributed by atoms with van der Waals surface area (Å²) >= 11 is 0. The van der Waals surface area contributed by atoms with E-state index in [-0.39, 0.29) is 11.9 Å². The lowest BCUT2D eigenvalue weighted by molar-refractivity contribution is -0.121. The average Bonchev–Trinajstić information content (AvgIpc) is 2.64. The number of carbonyl (C=O) groups is 1. The first kappa shape index (κ1) is 18.2. The van der Waals surface area contributed by atoms with Crippen molar-refractivity contribution < 1.29 is 4.79 Å². The topological polar surface area (TPSA) is 70.2 Å². The Morgan fingerprint density at radius 2 is 1.77 bits per heavy atom. The molecule has 6 nitrogen and oxygen atoms in total. The lowest BCUT2D eigenvalue weighted by atomic mass is 9.91. The highest BCUT2D eigenvalue weighted by Gasteiger charge is 2.23. The maximum absolute atomic E-state index is 12.2. The zero-order valence-corrected chi connectivity index (χ0v) is 15.5. The summed E-state index contributed by atoms with van der Waals surface area (Å²) in [4.78, 5) is 23.0. The van der Waals surface area contributed by atoms with Gasteiger partial charge >= 0.3 is 0 Å². The molecule has 0 radical (unpaired) electrons. The second kappa shape index (κ2) is 8.65. The SMILES string of the molecule is CN(C)c1ccnc(NC2CCC(NC(=O)Cc3ccccc3)CC2)n1. The Labute approximate surface area is 155 Å². The predicted molar refractivity (Wildman–Crippen MR) is 104 cm³/mol. The van der Waals surface area contributed by atoms with Gasteiger partial charge in [0.25, 0.3) is 0 Å². The van der Waals surface area contributed by atoms with Gasteiger partial charge in [-0.05, 0) is 37.3 Å². The van der Waals surface area contributed by atoms with Gasteiger partial charge < -0.3 is 15.5 Å². The Morgan fingerprint density at radius 3 is 2.46 bits per heavy atom. The Balaban J connectivity index is 1.44. The molecular formula is C20H27N5O. The molecule has 2 aromatic rings. The largest absolute Gasteiger partial charge is 0.363 e. The van der Waals surface area contributed by atoms with Gasteiger partial charge in [-0.25, -0.2) is 4.98 Å². The van der Waals surface area contributed by atoms with Crippen molar-refractivity contribution in [2.24, 2.45) is 0 Å². The normalized spacial score (nSPS) is 19.6. The van der Waals surface area contributed by atoms with Gasteiger partial charge in [0.15, 0.2) is 0 Å². The van der Waals surface area contributed by atoms with Gasteiger partial charge in [-0.15, -0.1) is 0 Å². The third-order valence-corrected chi connectivity index (χ3v) is 4.73. The average molecular weight is 353 g/mol. The van der Waals surface area contributed by atoms with Gasteiger partial charge in [0.1, 0.15) is 5.82 Å². The molecule has 0 aliphatic heterocycles. The van der Waals surface area contributed by atoms with Crippen molar-refractivity contribution in [1.82, 2.24) is 15.3 Å². The van der Waals surface area contributed by atoms with Crippen molar-refractivity contribution >= 4 is 17.7 Å². The lowest BCUT2D eigenvalue weighted by Gasteiger charge is -2.29. The molecule has 26 heavy (non-hydrogen) atoms. The first-order chi connectivity index (χ1) is 12.6. The van der Waals surface area contributed by atoms with Crippen LogP contribution < -0.4 is 15.5 Å². The van der Waals surface area contributed by atoms with Gasteiger partial charge in [0.05, 0.1) is 6.42 Å². The predicted octanol–water partition coefficient (Wildman–Crippen LogP) is 2.62. The summed E-state index contributed by atoms with van der Waals surface area (Å²) < 4.78 is 0. The molecule has 1 heterocycles. The molecule has 0 spiro atoms. The molecule has 6 heteroatoms. The van der Waals surface area contributed by atoms with Crippen LogP contribution in [-0.4, -0.2) is 42.1 Å². The fourth-order valence-electron chi connectivity index (χ4n) is 3.29. The summed E-state index contributed by atoms with van der Waals surface area (Å²) in [6.45, 7) is 0. The zero-order chi connectivity index (χ0) is 18.4. The number of anilines is 2. The molecule has 2 N–H and O–H groups in total. The van der Waals surface area contributed by atoms with Crippen molar-refractivity contribution in [1.29, 1.82) is 0 Å². The van der Waals surface area contributed by atoms with Crippen molar-refractivity contribution in [2.45, 2.75) is 44.2 Å². The number of amides is 1. The Bertz CT molecular complexity index is 711. The molecule has 138 valence electrons. The number of nitrogens with one attached hydrogen (secondary N) is 2. The molecule has 1 aromatic heterocycles. The molecule has 0 saturated heterocycles. The maximum Gasteiger partial charge on any atom is 0.224 e. The molecule has 1 aliphatic rings. The van der Waals surface area contributed by atoms with Crippen LogP contribution in [0.15, 0.2) is 42.6 Å². The standard InChI is InChI=1S/C20H27N5O/c1-25(2)18-12-13-21-20(24-18)23-17-10-8-16(9-11-17)22-19(26)14-15-6-4-3-5-7-15/h3-7,12-13,16-17H,8-11,14H2,1-2H3,(H,22,26)(H,21,23,24). The van der Waals surface area contributed by atoms with E-state index in [0.29, 0.717) is 18.4 Å². The second-order valence-corrected chi connectivity index (χ2v) is 7.06. The summed E-state index contributed by atoms with van der Waals surface area (Å²) in [6.07, 6.45) is 6.19. The fourth-order valence-corrected chi connectivity index (χ4v) is 3.29. The van der Waals surface area contributed by atoms with Gasteiger partial charge in [-0.2, -0.15) is 4.98 Å². The van der Waals surface area contributed by atoms with Gasteiger partial charge in [0, 0.05) is 32.4 Å². The number of aromatic nitrogens is 2. The first-order valence-corrected chi connectivity index (χ1v) is 9.20. The van der Waals surface area contributed by atoms with E-state index in [1.807, 2.05) is 55.4 Å². The number of nitrogens with zero attached hydrogens (tertiary/aromatic N) is 3. The zero-order valence-electron chi connectivity index (χ0n) is 15.5. The molecule has 1 aliphatic carbocycles. The van der Waals surface area contributed by atoms with E-state index >= 15 is 0 Å². The van der Waals surface area contributed by atoms with Crippen LogP contribution in [0.25, 0.3) is 0 Å². The highest BCUT2D eigenvalue weighted by molar-refractivity contribution is 5.78. The van der Waals surface area contributed by atoms with Crippen molar-refractivity contribution in [3.63, 3.8) is 0 Å². The minimum Gasteiger partial charge on any atom is -0.363 e. The molecule has 1 fully saturated rings. The van der Waals surface area contributed by atoms with E-state index < -0.39 is 0 Å². The van der Waals surface area contributed by atoms with E-state index in [2.05, 4.69) is 20.6 Å². The molecule has 0 unspecified atom stereocenters. The van der Waals surface area contributed by atoms with Gasteiger partial charge in [0.2, 0.25) is 11.9 Å². The Morgan fingerprint density at radius 1 is 1.08 bits per heavy atom. The third-order valence-electron chi connectivity index (χ3n) is 4.73. The van der Waals surface area contributed by atoms with Crippen LogP contribution in [0.4, 0.5) is 11.8 Å². The van der Waals surface area contributed by atoms with E-state index in [0.717, 1.165) is 37.1 Å². The van der Waals surface area contributed by atoms with Crippen molar-refractivity contribution in [3.8, 4) is 0 Å².